The summed E-state index contributed by atoms with van der Waals surface area (Å²) < 4.78 is 10.1. The average molecular weight is 136 g/mol. The van der Waals surface area contributed by atoms with E-state index in [1.165, 1.54) is 0 Å². The zero-order valence-corrected chi connectivity index (χ0v) is 6.18. The fraction of sp³-hybridized carbons (Fsp3) is 1.00. The van der Waals surface area contributed by atoms with E-state index in [0.717, 1.165) is 19.3 Å². The summed E-state index contributed by atoms with van der Waals surface area (Å²) >= 11 is 0. The normalized spacial score (nSPS) is 13.8. The molecule has 1 atom stereocenters. The lowest BCUT2D eigenvalue weighted by molar-refractivity contribution is 0.500. The van der Waals surface area contributed by atoms with Crippen molar-refractivity contribution in [1.29, 1.82) is 0 Å². The smallest absolute Gasteiger partial charge is 0.189 e. The third kappa shape index (κ3) is 6.19. The van der Waals surface area contributed by atoms with E-state index in [1.54, 1.807) is 0 Å². The van der Waals surface area contributed by atoms with Crippen LogP contribution in [-0.2, 0) is 4.57 Å². The van der Waals surface area contributed by atoms with Gasteiger partial charge in [-0.2, -0.15) is 0 Å². The molecular weight excluding hydrogens is 123 g/mol. The lowest BCUT2D eigenvalue weighted by atomic mass is 10.3. The van der Waals surface area contributed by atoms with Crippen molar-refractivity contribution >= 4 is 8.03 Å². The Kier molecular flexibility index (Phi) is 5.46. The van der Waals surface area contributed by atoms with Gasteiger partial charge in [-0.15, -0.1) is 0 Å². The maximum atomic E-state index is 10.1. The van der Waals surface area contributed by atoms with Crippen LogP contribution in [0.1, 0.15) is 26.2 Å². The summed E-state index contributed by atoms with van der Waals surface area (Å²) in [5.41, 5.74) is 0. The summed E-state index contributed by atoms with van der Waals surface area (Å²) in [6.07, 6.45) is 3.62. The Bertz CT molecular complexity index is 72.8. The summed E-state index contributed by atoms with van der Waals surface area (Å²) in [7, 11) is -2.16. The van der Waals surface area contributed by atoms with Crippen LogP contribution in [0, 0.1) is 0 Å². The summed E-state index contributed by atoms with van der Waals surface area (Å²) in [5.74, 6) is 0. The number of unbranched alkanes of at least 4 members (excludes halogenated alkanes) is 2. The van der Waals surface area contributed by atoms with Crippen molar-refractivity contribution < 1.29 is 9.46 Å². The molecule has 0 bridgehead atoms. The quantitative estimate of drug-likeness (QED) is 0.471. The topological polar surface area (TPSA) is 37.3 Å². The molecule has 0 saturated carbocycles. The van der Waals surface area contributed by atoms with E-state index >= 15 is 0 Å². The zero-order chi connectivity index (χ0) is 6.41. The molecule has 1 N–H and O–H groups in total. The third-order valence-electron chi connectivity index (χ3n) is 0.994. The van der Waals surface area contributed by atoms with Gasteiger partial charge in [0.1, 0.15) is 0 Å². The van der Waals surface area contributed by atoms with Crippen molar-refractivity contribution in [2.45, 2.75) is 26.2 Å². The first-order valence-electron chi connectivity index (χ1n) is 2.99. The molecule has 0 aliphatic rings. The van der Waals surface area contributed by atoms with Gasteiger partial charge in [0.25, 0.3) is 0 Å². The van der Waals surface area contributed by atoms with Gasteiger partial charge in [0.15, 0.2) is 8.03 Å². The molecule has 0 radical (unpaired) electrons. The maximum Gasteiger partial charge on any atom is 0.189 e. The van der Waals surface area contributed by atoms with Crippen LogP contribution in [0.3, 0.4) is 0 Å². The zero-order valence-electron chi connectivity index (χ0n) is 5.18. The van der Waals surface area contributed by atoms with Gasteiger partial charge in [-0.25, -0.2) is 0 Å². The molecule has 50 valence electrons. The highest BCUT2D eigenvalue weighted by Crippen LogP contribution is 2.15. The van der Waals surface area contributed by atoms with Gasteiger partial charge in [0.2, 0.25) is 0 Å². The Morgan fingerprint density at radius 1 is 1.50 bits per heavy atom. The SMILES string of the molecule is CCCCC[PH](=O)O. The predicted octanol–water partition coefficient (Wildman–Crippen LogP) is 1.64. The van der Waals surface area contributed by atoms with E-state index in [-0.39, 0.29) is 0 Å². The van der Waals surface area contributed by atoms with E-state index in [2.05, 4.69) is 6.92 Å². The van der Waals surface area contributed by atoms with Crippen molar-refractivity contribution in [2.24, 2.45) is 0 Å². The molecule has 8 heavy (non-hydrogen) atoms. The summed E-state index contributed by atoms with van der Waals surface area (Å²) in [4.78, 5) is 8.33. The molecule has 0 aromatic rings. The van der Waals surface area contributed by atoms with Crippen LogP contribution in [0.5, 0.6) is 0 Å². The molecule has 0 fully saturated rings. The number of hydrogen-bond donors (Lipinski definition) is 1. The fourth-order valence-corrected chi connectivity index (χ4v) is 1.08. The summed E-state index contributed by atoms with van der Waals surface area (Å²) in [6.45, 7) is 2.08. The molecule has 0 amide bonds. The first-order valence-corrected chi connectivity index (χ1v) is 4.55. The molecule has 0 spiro atoms. The Morgan fingerprint density at radius 2 is 2.12 bits per heavy atom. The highest BCUT2D eigenvalue weighted by Gasteiger charge is 1.89. The minimum atomic E-state index is -2.16. The van der Waals surface area contributed by atoms with Gasteiger partial charge in [-0.3, -0.25) is 4.57 Å². The van der Waals surface area contributed by atoms with Gasteiger partial charge in [0, 0.05) is 6.16 Å². The number of hydrogen-bond acceptors (Lipinski definition) is 1. The van der Waals surface area contributed by atoms with E-state index in [0.29, 0.717) is 6.16 Å². The van der Waals surface area contributed by atoms with Gasteiger partial charge >= 0.3 is 0 Å². The molecule has 0 aromatic heterocycles. The Balaban J connectivity index is 2.82. The van der Waals surface area contributed by atoms with Crippen LogP contribution < -0.4 is 0 Å². The molecule has 3 heteroatoms. The van der Waals surface area contributed by atoms with Gasteiger partial charge in [0.05, 0.1) is 0 Å². The fourth-order valence-electron chi connectivity index (χ4n) is 0.526. The Labute approximate surface area is 50.8 Å². The van der Waals surface area contributed by atoms with Crippen molar-refractivity contribution in [3.63, 3.8) is 0 Å². The Hall–Kier alpha value is 0.190. The molecule has 0 aliphatic heterocycles. The van der Waals surface area contributed by atoms with Crippen LogP contribution in [0.2, 0.25) is 0 Å². The van der Waals surface area contributed by atoms with E-state index in [1.807, 2.05) is 0 Å². The van der Waals surface area contributed by atoms with Crippen molar-refractivity contribution in [3.05, 3.63) is 0 Å². The molecule has 2 nitrogen and oxygen atoms in total. The maximum absolute atomic E-state index is 10.1. The van der Waals surface area contributed by atoms with E-state index in [9.17, 15) is 4.57 Å². The predicted molar refractivity (Wildman–Crippen MR) is 35.6 cm³/mol. The Morgan fingerprint density at radius 3 is 2.50 bits per heavy atom. The third-order valence-corrected chi connectivity index (χ3v) is 1.78. The minimum Gasteiger partial charge on any atom is -0.346 e. The molecule has 0 saturated heterocycles. The van der Waals surface area contributed by atoms with Crippen molar-refractivity contribution in [2.75, 3.05) is 6.16 Å². The summed E-state index contributed by atoms with van der Waals surface area (Å²) in [6, 6.07) is 0. The average Bonchev–Trinajstić information content (AvgIpc) is 1.66. The standard InChI is InChI=1S/C5H13O2P/c1-2-3-4-5-8(6)7/h8H,2-5H2,1H3,(H,6,7). The van der Waals surface area contributed by atoms with Gasteiger partial charge < -0.3 is 4.89 Å². The monoisotopic (exact) mass is 136 g/mol. The van der Waals surface area contributed by atoms with Crippen LogP contribution in [-0.4, -0.2) is 11.1 Å². The van der Waals surface area contributed by atoms with Crippen molar-refractivity contribution in [3.8, 4) is 0 Å². The largest absolute Gasteiger partial charge is 0.346 e. The summed E-state index contributed by atoms with van der Waals surface area (Å²) in [5, 5.41) is 0. The molecule has 0 rings (SSSR count). The number of rotatable bonds is 4. The molecule has 0 heterocycles. The van der Waals surface area contributed by atoms with Crippen molar-refractivity contribution in [1.82, 2.24) is 0 Å². The highest BCUT2D eigenvalue weighted by atomic mass is 31.1. The minimum absolute atomic E-state index is 0.512. The molecule has 1 unspecified atom stereocenters. The lowest BCUT2D eigenvalue weighted by Gasteiger charge is -1.91. The van der Waals surface area contributed by atoms with Gasteiger partial charge in [-0.05, 0) is 6.42 Å². The first-order chi connectivity index (χ1) is 3.77. The van der Waals surface area contributed by atoms with Gasteiger partial charge in [-0.1, -0.05) is 19.8 Å². The van der Waals surface area contributed by atoms with E-state index < -0.39 is 8.03 Å². The van der Waals surface area contributed by atoms with Crippen LogP contribution >= 0.6 is 8.03 Å². The molecule has 0 aromatic carbocycles. The molecular formula is C5H13O2P. The van der Waals surface area contributed by atoms with Crippen LogP contribution in [0.25, 0.3) is 0 Å². The lowest BCUT2D eigenvalue weighted by Crippen LogP contribution is -1.76. The first kappa shape index (κ1) is 8.19. The second-order valence-electron chi connectivity index (χ2n) is 1.85. The van der Waals surface area contributed by atoms with Crippen LogP contribution in [0.4, 0.5) is 0 Å². The second-order valence-corrected chi connectivity index (χ2v) is 3.14. The molecule has 0 aliphatic carbocycles. The van der Waals surface area contributed by atoms with E-state index in [4.69, 9.17) is 4.89 Å². The highest BCUT2D eigenvalue weighted by molar-refractivity contribution is 7.37. The van der Waals surface area contributed by atoms with Crippen LogP contribution in [0.15, 0.2) is 0 Å². The second kappa shape index (κ2) is 5.33.